The number of rotatable bonds is 5. The van der Waals surface area contributed by atoms with Crippen LogP contribution in [0, 0.1) is 0 Å². The van der Waals surface area contributed by atoms with Gasteiger partial charge in [0, 0.05) is 12.0 Å². The second kappa shape index (κ2) is 4.50. The van der Waals surface area contributed by atoms with Gasteiger partial charge in [0.25, 0.3) is 0 Å². The van der Waals surface area contributed by atoms with Crippen molar-refractivity contribution in [2.45, 2.75) is 44.1 Å². The van der Waals surface area contributed by atoms with E-state index in [1.165, 1.54) is 0 Å². The van der Waals surface area contributed by atoms with Crippen LogP contribution < -0.4 is 5.73 Å². The highest BCUT2D eigenvalue weighted by atomic mass is 19.3. The molecule has 0 atom stereocenters. The minimum atomic E-state index is -2.27. The number of halogens is 2. The maximum absolute atomic E-state index is 12.4. The third-order valence-corrected chi connectivity index (χ3v) is 3.28. The van der Waals surface area contributed by atoms with Gasteiger partial charge in [-0.1, -0.05) is 24.3 Å². The van der Waals surface area contributed by atoms with Crippen molar-refractivity contribution < 1.29 is 8.78 Å². The first kappa shape index (κ1) is 11.5. The van der Waals surface area contributed by atoms with E-state index >= 15 is 0 Å². The van der Waals surface area contributed by atoms with Gasteiger partial charge in [-0.3, -0.25) is 0 Å². The SMILES string of the molecule is NC1(CCc2ccccc2CC(F)F)CC1. The molecule has 16 heavy (non-hydrogen) atoms. The number of nitrogens with two attached hydrogens (primary N) is 1. The smallest absolute Gasteiger partial charge is 0.242 e. The lowest BCUT2D eigenvalue weighted by molar-refractivity contribution is 0.149. The minimum Gasteiger partial charge on any atom is -0.325 e. The van der Waals surface area contributed by atoms with Crippen molar-refractivity contribution in [2.24, 2.45) is 5.73 Å². The van der Waals surface area contributed by atoms with Gasteiger partial charge in [-0.25, -0.2) is 8.78 Å². The molecule has 0 bridgehead atoms. The standard InChI is InChI=1S/C13H17F2N/c14-12(15)9-11-4-2-1-3-10(11)5-6-13(16)7-8-13/h1-4,12H,5-9,16H2. The van der Waals surface area contributed by atoms with Crippen molar-refractivity contribution in [3.8, 4) is 0 Å². The average Bonchev–Trinajstić information content (AvgIpc) is 2.95. The number of hydrogen-bond donors (Lipinski definition) is 1. The van der Waals surface area contributed by atoms with Crippen LogP contribution in [0.15, 0.2) is 24.3 Å². The van der Waals surface area contributed by atoms with Gasteiger partial charge in [0.05, 0.1) is 0 Å². The van der Waals surface area contributed by atoms with E-state index < -0.39 is 6.43 Å². The first-order valence-corrected chi connectivity index (χ1v) is 5.73. The lowest BCUT2D eigenvalue weighted by Crippen LogP contribution is -2.22. The van der Waals surface area contributed by atoms with Gasteiger partial charge in [-0.15, -0.1) is 0 Å². The second-order valence-electron chi connectivity index (χ2n) is 4.73. The van der Waals surface area contributed by atoms with Crippen molar-refractivity contribution in [1.82, 2.24) is 0 Å². The maximum Gasteiger partial charge on any atom is 0.242 e. The van der Waals surface area contributed by atoms with Crippen LogP contribution >= 0.6 is 0 Å². The highest BCUT2D eigenvalue weighted by molar-refractivity contribution is 5.28. The predicted molar refractivity (Wildman–Crippen MR) is 60.6 cm³/mol. The van der Waals surface area contributed by atoms with E-state index in [1.54, 1.807) is 6.07 Å². The summed E-state index contributed by atoms with van der Waals surface area (Å²) in [6.07, 6.45) is 1.46. The van der Waals surface area contributed by atoms with Gasteiger partial charge in [0.2, 0.25) is 6.43 Å². The number of aryl methyl sites for hydroxylation is 1. The molecule has 2 rings (SSSR count). The summed E-state index contributed by atoms with van der Waals surface area (Å²) in [7, 11) is 0. The Morgan fingerprint density at radius 3 is 2.38 bits per heavy atom. The molecule has 1 saturated carbocycles. The van der Waals surface area contributed by atoms with Crippen molar-refractivity contribution >= 4 is 0 Å². The van der Waals surface area contributed by atoms with E-state index in [0.717, 1.165) is 36.8 Å². The molecule has 1 fully saturated rings. The van der Waals surface area contributed by atoms with Crippen LogP contribution in [0.4, 0.5) is 8.78 Å². The average molecular weight is 225 g/mol. The van der Waals surface area contributed by atoms with Gasteiger partial charge in [0.1, 0.15) is 0 Å². The Hall–Kier alpha value is -0.960. The summed E-state index contributed by atoms with van der Waals surface area (Å²) in [5, 5.41) is 0. The topological polar surface area (TPSA) is 26.0 Å². The largest absolute Gasteiger partial charge is 0.325 e. The molecule has 0 unspecified atom stereocenters. The van der Waals surface area contributed by atoms with Gasteiger partial charge in [-0.05, 0) is 36.8 Å². The Kier molecular flexibility index (Phi) is 3.24. The summed E-state index contributed by atoms with van der Waals surface area (Å²) in [5.74, 6) is 0. The zero-order valence-corrected chi connectivity index (χ0v) is 9.26. The molecule has 1 aliphatic rings. The number of alkyl halides is 2. The highest BCUT2D eigenvalue weighted by Crippen LogP contribution is 2.36. The summed E-state index contributed by atoms with van der Waals surface area (Å²) < 4.78 is 24.7. The second-order valence-corrected chi connectivity index (χ2v) is 4.73. The molecule has 0 radical (unpaired) electrons. The van der Waals surface area contributed by atoms with Crippen molar-refractivity contribution in [1.29, 1.82) is 0 Å². The Morgan fingerprint density at radius 2 is 1.81 bits per heavy atom. The first-order valence-electron chi connectivity index (χ1n) is 5.73. The predicted octanol–water partition coefficient (Wildman–Crippen LogP) is 2.92. The normalized spacial score (nSPS) is 17.8. The molecule has 0 aliphatic heterocycles. The fraction of sp³-hybridized carbons (Fsp3) is 0.538. The molecule has 0 spiro atoms. The number of hydrogen-bond acceptors (Lipinski definition) is 1. The third-order valence-electron chi connectivity index (χ3n) is 3.28. The quantitative estimate of drug-likeness (QED) is 0.819. The Balaban J connectivity index is 2.01. The summed E-state index contributed by atoms with van der Waals surface area (Å²) in [6, 6.07) is 7.44. The molecule has 2 N–H and O–H groups in total. The summed E-state index contributed by atoms with van der Waals surface area (Å²) >= 11 is 0. The maximum atomic E-state index is 12.4. The van der Waals surface area contributed by atoms with E-state index in [1.807, 2.05) is 18.2 Å². The van der Waals surface area contributed by atoms with E-state index in [-0.39, 0.29) is 12.0 Å². The van der Waals surface area contributed by atoms with Crippen molar-refractivity contribution in [3.63, 3.8) is 0 Å². The Bertz CT molecular complexity index is 359. The van der Waals surface area contributed by atoms with Crippen LogP contribution in [-0.2, 0) is 12.8 Å². The van der Waals surface area contributed by atoms with Crippen LogP contribution in [0.3, 0.4) is 0 Å². The number of benzene rings is 1. The summed E-state index contributed by atoms with van der Waals surface area (Å²) in [6.45, 7) is 0. The van der Waals surface area contributed by atoms with Gasteiger partial charge in [0.15, 0.2) is 0 Å². The zero-order chi connectivity index (χ0) is 11.6. The van der Waals surface area contributed by atoms with Crippen LogP contribution in [0.2, 0.25) is 0 Å². The fourth-order valence-electron chi connectivity index (χ4n) is 1.96. The monoisotopic (exact) mass is 225 g/mol. The van der Waals surface area contributed by atoms with Gasteiger partial charge < -0.3 is 5.73 Å². The molecule has 1 aromatic rings. The van der Waals surface area contributed by atoms with E-state index in [0.29, 0.717) is 0 Å². The first-order chi connectivity index (χ1) is 7.59. The fourth-order valence-corrected chi connectivity index (χ4v) is 1.96. The van der Waals surface area contributed by atoms with Crippen LogP contribution in [-0.4, -0.2) is 12.0 Å². The lowest BCUT2D eigenvalue weighted by atomic mass is 9.98. The molecule has 0 amide bonds. The zero-order valence-electron chi connectivity index (χ0n) is 9.26. The van der Waals surface area contributed by atoms with Gasteiger partial charge in [-0.2, -0.15) is 0 Å². The van der Waals surface area contributed by atoms with Crippen molar-refractivity contribution in [3.05, 3.63) is 35.4 Å². The molecule has 1 nitrogen and oxygen atoms in total. The lowest BCUT2D eigenvalue weighted by Gasteiger charge is -2.12. The molecule has 88 valence electrons. The highest BCUT2D eigenvalue weighted by Gasteiger charge is 2.37. The van der Waals surface area contributed by atoms with Crippen LogP contribution in [0.1, 0.15) is 30.4 Å². The molecule has 1 aliphatic carbocycles. The Labute approximate surface area is 94.7 Å². The van der Waals surface area contributed by atoms with Gasteiger partial charge >= 0.3 is 0 Å². The molecule has 0 saturated heterocycles. The van der Waals surface area contributed by atoms with Crippen molar-refractivity contribution in [2.75, 3.05) is 0 Å². The summed E-state index contributed by atoms with van der Waals surface area (Å²) in [5.41, 5.74) is 7.79. The molecular weight excluding hydrogens is 208 g/mol. The van der Waals surface area contributed by atoms with E-state index in [9.17, 15) is 8.78 Å². The molecular formula is C13H17F2N. The van der Waals surface area contributed by atoms with Crippen LogP contribution in [0.25, 0.3) is 0 Å². The van der Waals surface area contributed by atoms with E-state index in [2.05, 4.69) is 0 Å². The Morgan fingerprint density at radius 1 is 1.19 bits per heavy atom. The minimum absolute atomic E-state index is 0.00204. The molecule has 3 heteroatoms. The molecule has 1 aromatic carbocycles. The van der Waals surface area contributed by atoms with E-state index in [4.69, 9.17) is 5.73 Å². The third kappa shape index (κ3) is 3.01. The van der Waals surface area contributed by atoms with Crippen LogP contribution in [0.5, 0.6) is 0 Å². The molecule has 0 aromatic heterocycles. The molecule has 0 heterocycles. The summed E-state index contributed by atoms with van der Waals surface area (Å²) in [4.78, 5) is 0.